The molecular formula is C20H21NO2. The molecule has 0 bridgehead atoms. The highest BCUT2D eigenvalue weighted by molar-refractivity contribution is 6.03. The largest absolute Gasteiger partial charge is 0.496 e. The predicted octanol–water partition coefficient (Wildman–Crippen LogP) is 3.65. The summed E-state index contributed by atoms with van der Waals surface area (Å²) in [6.45, 7) is 0.753. The second-order valence-electron chi connectivity index (χ2n) is 6.56. The van der Waals surface area contributed by atoms with Crippen molar-refractivity contribution in [2.75, 3.05) is 19.0 Å². The maximum Gasteiger partial charge on any atom is 0.166 e. The number of hydrogen-bond donors (Lipinski definition) is 1. The molecule has 23 heavy (non-hydrogen) atoms. The SMILES string of the molecule is COc1cccc2c1CC(Cc1ccc3c(c1)C(=O)CCN3)C2. The number of methoxy groups -OCH3 is 1. The van der Waals surface area contributed by atoms with Crippen LogP contribution < -0.4 is 10.1 Å². The summed E-state index contributed by atoms with van der Waals surface area (Å²) in [5.41, 5.74) is 5.88. The molecule has 2 aromatic rings. The highest BCUT2D eigenvalue weighted by Gasteiger charge is 2.25. The quantitative estimate of drug-likeness (QED) is 0.940. The summed E-state index contributed by atoms with van der Waals surface area (Å²) in [5.74, 6) is 1.86. The van der Waals surface area contributed by atoms with Gasteiger partial charge < -0.3 is 10.1 Å². The van der Waals surface area contributed by atoms with Crippen LogP contribution in [0.25, 0.3) is 0 Å². The Kier molecular flexibility index (Phi) is 3.56. The van der Waals surface area contributed by atoms with Crippen molar-refractivity contribution in [3.8, 4) is 5.75 Å². The molecule has 3 heteroatoms. The van der Waals surface area contributed by atoms with Gasteiger partial charge in [-0.2, -0.15) is 0 Å². The molecule has 0 amide bonds. The minimum atomic E-state index is 0.261. The van der Waals surface area contributed by atoms with E-state index in [0.717, 1.165) is 42.8 Å². The van der Waals surface area contributed by atoms with Gasteiger partial charge in [0.05, 0.1) is 7.11 Å². The van der Waals surface area contributed by atoms with Crippen molar-refractivity contribution in [2.45, 2.75) is 25.7 Å². The molecule has 1 heterocycles. The highest BCUT2D eigenvalue weighted by atomic mass is 16.5. The molecule has 4 rings (SSSR count). The maximum atomic E-state index is 12.1. The van der Waals surface area contributed by atoms with Gasteiger partial charge >= 0.3 is 0 Å². The Labute approximate surface area is 136 Å². The number of anilines is 1. The summed E-state index contributed by atoms with van der Waals surface area (Å²) in [7, 11) is 1.74. The molecular weight excluding hydrogens is 286 g/mol. The number of Topliss-reactive ketones (excluding diaryl/α,β-unsaturated/α-hetero) is 1. The molecule has 0 aromatic heterocycles. The first-order chi connectivity index (χ1) is 11.2. The maximum absolute atomic E-state index is 12.1. The number of hydrogen-bond acceptors (Lipinski definition) is 3. The van der Waals surface area contributed by atoms with E-state index in [1.165, 1.54) is 16.7 Å². The molecule has 0 fully saturated rings. The van der Waals surface area contributed by atoms with Crippen molar-refractivity contribution in [3.05, 3.63) is 58.7 Å². The zero-order valence-electron chi connectivity index (χ0n) is 13.4. The van der Waals surface area contributed by atoms with Crippen molar-refractivity contribution in [1.82, 2.24) is 0 Å². The third-order valence-corrected chi connectivity index (χ3v) is 5.03. The minimum Gasteiger partial charge on any atom is -0.496 e. The smallest absolute Gasteiger partial charge is 0.166 e. The molecule has 1 N–H and O–H groups in total. The van der Waals surface area contributed by atoms with Crippen LogP contribution in [0.15, 0.2) is 36.4 Å². The summed E-state index contributed by atoms with van der Waals surface area (Å²) < 4.78 is 5.49. The Balaban J connectivity index is 1.54. The number of rotatable bonds is 3. The van der Waals surface area contributed by atoms with Gasteiger partial charge in [0.1, 0.15) is 5.75 Å². The second kappa shape index (κ2) is 5.73. The first-order valence-electron chi connectivity index (χ1n) is 8.29. The molecule has 0 spiro atoms. The van der Waals surface area contributed by atoms with E-state index in [2.05, 4.69) is 35.6 Å². The summed E-state index contributed by atoms with van der Waals surface area (Å²) in [5, 5.41) is 3.31. The molecule has 3 nitrogen and oxygen atoms in total. The predicted molar refractivity (Wildman–Crippen MR) is 91.5 cm³/mol. The molecule has 1 aliphatic carbocycles. The van der Waals surface area contributed by atoms with E-state index in [1.807, 2.05) is 6.07 Å². The van der Waals surface area contributed by atoms with Crippen LogP contribution in [0.2, 0.25) is 0 Å². The van der Waals surface area contributed by atoms with E-state index < -0.39 is 0 Å². The molecule has 0 saturated carbocycles. The number of carbonyl (C=O) groups is 1. The first kappa shape index (κ1) is 14.3. The van der Waals surface area contributed by atoms with Gasteiger partial charge in [-0.3, -0.25) is 4.79 Å². The summed E-state index contributed by atoms with van der Waals surface area (Å²) >= 11 is 0. The molecule has 2 aromatic carbocycles. The van der Waals surface area contributed by atoms with Crippen molar-refractivity contribution >= 4 is 11.5 Å². The van der Waals surface area contributed by atoms with E-state index in [9.17, 15) is 4.79 Å². The van der Waals surface area contributed by atoms with Gasteiger partial charge in [-0.1, -0.05) is 18.2 Å². The lowest BCUT2D eigenvalue weighted by Gasteiger charge is -2.18. The number of carbonyl (C=O) groups excluding carboxylic acids is 1. The van der Waals surface area contributed by atoms with E-state index in [-0.39, 0.29) is 5.78 Å². The second-order valence-corrected chi connectivity index (χ2v) is 6.56. The topological polar surface area (TPSA) is 38.3 Å². The lowest BCUT2D eigenvalue weighted by molar-refractivity contribution is 0.0983. The normalized spacial score (nSPS) is 19.0. The summed E-state index contributed by atoms with van der Waals surface area (Å²) in [6.07, 6.45) is 3.76. The molecule has 118 valence electrons. The Morgan fingerprint density at radius 1 is 1.22 bits per heavy atom. The van der Waals surface area contributed by atoms with Gasteiger partial charge in [0, 0.05) is 24.2 Å². The lowest BCUT2D eigenvalue weighted by Crippen LogP contribution is -2.18. The third kappa shape index (κ3) is 2.61. The fourth-order valence-corrected chi connectivity index (χ4v) is 3.92. The number of fused-ring (bicyclic) bond motifs is 2. The van der Waals surface area contributed by atoms with Gasteiger partial charge in [0.25, 0.3) is 0 Å². The van der Waals surface area contributed by atoms with Crippen LogP contribution in [0.3, 0.4) is 0 Å². The number of benzene rings is 2. The number of nitrogens with one attached hydrogen (secondary N) is 1. The molecule has 2 aliphatic rings. The molecule has 1 atom stereocenters. The minimum absolute atomic E-state index is 0.261. The van der Waals surface area contributed by atoms with Gasteiger partial charge in [0.15, 0.2) is 5.78 Å². The van der Waals surface area contributed by atoms with Crippen LogP contribution in [0.1, 0.15) is 33.5 Å². The van der Waals surface area contributed by atoms with Gasteiger partial charge in [-0.05, 0) is 60.1 Å². The van der Waals surface area contributed by atoms with Crippen LogP contribution in [0.4, 0.5) is 5.69 Å². The average Bonchev–Trinajstić information content (AvgIpc) is 2.98. The highest BCUT2D eigenvalue weighted by Crippen LogP contribution is 2.35. The van der Waals surface area contributed by atoms with Crippen LogP contribution in [0.5, 0.6) is 5.75 Å². The van der Waals surface area contributed by atoms with Crippen LogP contribution >= 0.6 is 0 Å². The van der Waals surface area contributed by atoms with Gasteiger partial charge in [0.2, 0.25) is 0 Å². The lowest BCUT2D eigenvalue weighted by atomic mass is 9.93. The van der Waals surface area contributed by atoms with Crippen LogP contribution in [0, 0.1) is 5.92 Å². The Hall–Kier alpha value is -2.29. The van der Waals surface area contributed by atoms with Gasteiger partial charge in [-0.25, -0.2) is 0 Å². The third-order valence-electron chi connectivity index (χ3n) is 5.03. The van der Waals surface area contributed by atoms with E-state index in [4.69, 9.17) is 4.74 Å². The van der Waals surface area contributed by atoms with E-state index in [1.54, 1.807) is 7.11 Å². The summed E-state index contributed by atoms with van der Waals surface area (Å²) in [6, 6.07) is 12.6. The Bertz CT molecular complexity index is 766. The number of ketones is 1. The van der Waals surface area contributed by atoms with Crippen LogP contribution in [-0.2, 0) is 19.3 Å². The first-order valence-corrected chi connectivity index (χ1v) is 8.29. The fraction of sp³-hybridized carbons (Fsp3) is 0.350. The zero-order chi connectivity index (χ0) is 15.8. The number of ether oxygens (including phenoxy) is 1. The average molecular weight is 307 g/mol. The van der Waals surface area contributed by atoms with Crippen molar-refractivity contribution in [3.63, 3.8) is 0 Å². The Morgan fingerprint density at radius 3 is 3.00 bits per heavy atom. The van der Waals surface area contributed by atoms with Crippen molar-refractivity contribution in [1.29, 1.82) is 0 Å². The monoisotopic (exact) mass is 307 g/mol. The molecule has 0 radical (unpaired) electrons. The van der Waals surface area contributed by atoms with E-state index >= 15 is 0 Å². The Morgan fingerprint density at radius 2 is 2.13 bits per heavy atom. The molecule has 0 saturated heterocycles. The molecule has 1 unspecified atom stereocenters. The van der Waals surface area contributed by atoms with Crippen LogP contribution in [-0.4, -0.2) is 19.4 Å². The van der Waals surface area contributed by atoms with Gasteiger partial charge in [-0.15, -0.1) is 0 Å². The standard InChI is InChI=1S/C20H21NO2/c1-23-20-4-2-3-15-10-14(12-16(15)20)9-13-5-6-18-17(11-13)19(22)7-8-21-18/h2-6,11,14,21H,7-10,12H2,1H3. The molecule has 1 aliphatic heterocycles. The fourth-order valence-electron chi connectivity index (χ4n) is 3.92. The van der Waals surface area contributed by atoms with Crippen molar-refractivity contribution < 1.29 is 9.53 Å². The zero-order valence-corrected chi connectivity index (χ0v) is 13.4. The van der Waals surface area contributed by atoms with E-state index in [0.29, 0.717) is 12.3 Å². The summed E-state index contributed by atoms with van der Waals surface area (Å²) in [4.78, 5) is 12.1. The van der Waals surface area contributed by atoms with Crippen molar-refractivity contribution in [2.24, 2.45) is 5.92 Å².